The van der Waals surface area contributed by atoms with Crippen LogP contribution in [0.4, 0.5) is 9.80 Å². The molecule has 2 saturated heterocycles. The minimum atomic E-state index is -0.496. The van der Waals surface area contributed by atoms with E-state index in [1.807, 2.05) is 34.7 Å². The monoisotopic (exact) mass is 477 g/mol. The predicted molar refractivity (Wildman–Crippen MR) is 128 cm³/mol. The standard InChI is InChI=1S/C23H23N7O3S/c1-14-11-29(22-19(24-13-34-22)20-25-15-5-2-3-6-16(15)26-20)9-10-30(14)18(31)12-28-8-4-7-17-21(28)27-23(32)33-17/h2-8,13-14,21H,9-12H2,1H3,(H,25,26)(H,27,32)/t14-,21?/m1/s1. The van der Waals surface area contributed by atoms with Crippen LogP contribution in [0.2, 0.25) is 0 Å². The van der Waals surface area contributed by atoms with Crippen LogP contribution in [0.25, 0.3) is 22.6 Å². The van der Waals surface area contributed by atoms with Crippen molar-refractivity contribution in [1.29, 1.82) is 0 Å². The highest BCUT2D eigenvalue weighted by Crippen LogP contribution is 2.34. The maximum atomic E-state index is 13.2. The molecule has 3 aliphatic rings. The molecule has 5 heterocycles. The molecule has 2 atom stereocenters. The zero-order chi connectivity index (χ0) is 23.2. The van der Waals surface area contributed by atoms with Crippen molar-refractivity contribution in [2.75, 3.05) is 31.1 Å². The number of benzene rings is 1. The molecule has 0 saturated carbocycles. The minimum Gasteiger partial charge on any atom is -0.411 e. The molecule has 0 spiro atoms. The molecule has 6 rings (SSSR count). The van der Waals surface area contributed by atoms with Crippen molar-refractivity contribution in [2.45, 2.75) is 19.1 Å². The number of hydrogen-bond acceptors (Lipinski definition) is 8. The van der Waals surface area contributed by atoms with Crippen molar-refractivity contribution >= 4 is 39.4 Å². The summed E-state index contributed by atoms with van der Waals surface area (Å²) in [6.45, 7) is 4.23. The molecular weight excluding hydrogens is 454 g/mol. The molecule has 34 heavy (non-hydrogen) atoms. The largest absolute Gasteiger partial charge is 0.414 e. The van der Waals surface area contributed by atoms with E-state index in [4.69, 9.17) is 9.72 Å². The molecule has 1 unspecified atom stereocenters. The summed E-state index contributed by atoms with van der Waals surface area (Å²) in [4.78, 5) is 43.4. The maximum absolute atomic E-state index is 13.2. The number of para-hydroxylation sites is 2. The summed E-state index contributed by atoms with van der Waals surface area (Å²) in [7, 11) is 0. The lowest BCUT2D eigenvalue weighted by molar-refractivity contribution is -0.134. The summed E-state index contributed by atoms with van der Waals surface area (Å²) in [6.07, 6.45) is 4.40. The quantitative estimate of drug-likeness (QED) is 0.595. The van der Waals surface area contributed by atoms with Crippen LogP contribution in [-0.4, -0.2) is 75.1 Å². The molecule has 10 nitrogen and oxygen atoms in total. The third-order valence-corrected chi connectivity index (χ3v) is 7.21. The van der Waals surface area contributed by atoms with Crippen LogP contribution in [0.5, 0.6) is 0 Å². The molecule has 2 N–H and O–H groups in total. The number of rotatable bonds is 4. The van der Waals surface area contributed by atoms with Gasteiger partial charge < -0.3 is 24.4 Å². The fourth-order valence-electron chi connectivity index (χ4n) is 4.68. The number of aromatic amines is 1. The molecule has 0 aliphatic carbocycles. The lowest BCUT2D eigenvalue weighted by Gasteiger charge is -2.41. The SMILES string of the molecule is C[C@@H]1CN(c2scnc2-c2nc3ccccc3[nH]2)CCN1C(=O)CN1C=CC=C2OC(=O)NC21. The second kappa shape index (κ2) is 8.17. The predicted octanol–water partition coefficient (Wildman–Crippen LogP) is 2.50. The van der Waals surface area contributed by atoms with Crippen LogP contribution in [-0.2, 0) is 9.53 Å². The Kier molecular flexibility index (Phi) is 4.98. The van der Waals surface area contributed by atoms with E-state index in [0.717, 1.165) is 27.6 Å². The number of ether oxygens (including phenoxy) is 1. The lowest BCUT2D eigenvalue weighted by Crippen LogP contribution is -2.56. The van der Waals surface area contributed by atoms with Gasteiger partial charge in [0.25, 0.3) is 0 Å². The van der Waals surface area contributed by atoms with Crippen molar-refractivity contribution in [1.82, 2.24) is 30.1 Å². The number of H-pyrrole nitrogens is 1. The first-order valence-corrected chi connectivity index (χ1v) is 12.0. The van der Waals surface area contributed by atoms with Crippen LogP contribution in [0.15, 0.2) is 53.9 Å². The van der Waals surface area contributed by atoms with Crippen molar-refractivity contribution in [3.63, 3.8) is 0 Å². The highest BCUT2D eigenvalue weighted by Gasteiger charge is 2.36. The molecule has 174 valence electrons. The summed E-state index contributed by atoms with van der Waals surface area (Å²) in [5.41, 5.74) is 4.57. The number of piperazine rings is 1. The molecule has 1 aromatic carbocycles. The van der Waals surface area contributed by atoms with E-state index in [9.17, 15) is 9.59 Å². The summed E-state index contributed by atoms with van der Waals surface area (Å²) in [5, 5.41) is 3.79. The van der Waals surface area contributed by atoms with Gasteiger partial charge in [-0.05, 0) is 31.2 Å². The number of fused-ring (bicyclic) bond motifs is 2. The van der Waals surface area contributed by atoms with Crippen molar-refractivity contribution in [3.05, 3.63) is 53.9 Å². The van der Waals surface area contributed by atoms with Gasteiger partial charge in [-0.1, -0.05) is 12.1 Å². The first-order valence-electron chi connectivity index (χ1n) is 11.1. The summed E-state index contributed by atoms with van der Waals surface area (Å²) < 4.78 is 5.14. The van der Waals surface area contributed by atoms with E-state index in [2.05, 4.69) is 27.1 Å². The Hall–Kier alpha value is -3.86. The van der Waals surface area contributed by atoms with Crippen LogP contribution in [0, 0.1) is 0 Å². The second-order valence-corrected chi connectivity index (χ2v) is 9.34. The van der Waals surface area contributed by atoms with Crippen LogP contribution in [0.3, 0.4) is 0 Å². The highest BCUT2D eigenvalue weighted by molar-refractivity contribution is 7.14. The molecule has 2 aromatic heterocycles. The summed E-state index contributed by atoms with van der Waals surface area (Å²) in [6, 6.07) is 7.95. The fraction of sp³-hybridized carbons (Fsp3) is 0.304. The molecule has 0 radical (unpaired) electrons. The number of thiazole rings is 1. The number of hydrogen-bond donors (Lipinski definition) is 2. The number of carbonyl (C=O) groups excluding carboxylic acids is 2. The number of amides is 2. The van der Waals surface area contributed by atoms with Crippen molar-refractivity contribution < 1.29 is 14.3 Å². The van der Waals surface area contributed by atoms with E-state index in [0.29, 0.717) is 25.4 Å². The van der Waals surface area contributed by atoms with Gasteiger partial charge in [0.1, 0.15) is 10.7 Å². The highest BCUT2D eigenvalue weighted by atomic mass is 32.1. The van der Waals surface area contributed by atoms with Gasteiger partial charge in [-0.15, -0.1) is 11.3 Å². The van der Waals surface area contributed by atoms with E-state index >= 15 is 0 Å². The van der Waals surface area contributed by atoms with Crippen LogP contribution in [0.1, 0.15) is 6.92 Å². The van der Waals surface area contributed by atoms with Gasteiger partial charge in [0.15, 0.2) is 17.7 Å². The van der Waals surface area contributed by atoms with Crippen LogP contribution < -0.4 is 10.2 Å². The lowest BCUT2D eigenvalue weighted by atomic mass is 10.1. The Morgan fingerprint density at radius 1 is 1.29 bits per heavy atom. The number of alkyl carbamates (subject to hydrolysis) is 1. The first kappa shape index (κ1) is 20.7. The third-order valence-electron chi connectivity index (χ3n) is 6.32. The number of nitrogens with one attached hydrogen (secondary N) is 2. The molecule has 3 aliphatic heterocycles. The number of anilines is 1. The van der Waals surface area contributed by atoms with Gasteiger partial charge in [-0.25, -0.2) is 14.8 Å². The maximum Gasteiger partial charge on any atom is 0.414 e. The minimum absolute atomic E-state index is 0.0148. The van der Waals surface area contributed by atoms with E-state index in [1.54, 1.807) is 34.6 Å². The zero-order valence-electron chi connectivity index (χ0n) is 18.5. The van der Waals surface area contributed by atoms with Crippen LogP contribution >= 0.6 is 11.3 Å². The number of nitrogens with zero attached hydrogens (tertiary/aromatic N) is 5. The normalized spacial score (nSPS) is 22.0. The molecule has 3 aromatic rings. The smallest absolute Gasteiger partial charge is 0.411 e. The van der Waals surface area contributed by atoms with Gasteiger partial charge in [-0.2, -0.15) is 0 Å². The summed E-state index contributed by atoms with van der Waals surface area (Å²) >= 11 is 1.59. The molecule has 11 heteroatoms. The number of aromatic nitrogens is 3. The van der Waals surface area contributed by atoms with Gasteiger partial charge in [-0.3, -0.25) is 10.1 Å². The van der Waals surface area contributed by atoms with Gasteiger partial charge in [0.05, 0.1) is 23.1 Å². The van der Waals surface area contributed by atoms with E-state index in [-0.39, 0.29) is 18.5 Å². The zero-order valence-corrected chi connectivity index (χ0v) is 19.3. The Morgan fingerprint density at radius 3 is 3.03 bits per heavy atom. The third kappa shape index (κ3) is 3.58. The number of imidazole rings is 1. The van der Waals surface area contributed by atoms with E-state index < -0.39 is 12.3 Å². The number of allylic oxidation sites excluding steroid dienone is 2. The second-order valence-electron chi connectivity index (χ2n) is 8.51. The van der Waals surface area contributed by atoms with Gasteiger partial charge >= 0.3 is 6.09 Å². The topological polar surface area (TPSA) is 107 Å². The van der Waals surface area contributed by atoms with E-state index in [1.165, 1.54) is 0 Å². The average Bonchev–Trinajstić information content (AvgIpc) is 3.56. The Balaban J connectivity index is 1.14. The average molecular weight is 478 g/mol. The van der Waals surface area contributed by atoms with Crippen molar-refractivity contribution in [3.8, 4) is 11.5 Å². The Labute approximate surface area is 199 Å². The van der Waals surface area contributed by atoms with Gasteiger partial charge in [0.2, 0.25) is 5.91 Å². The molecular formula is C23H23N7O3S. The fourth-order valence-corrected chi connectivity index (χ4v) is 5.51. The number of carbonyl (C=O) groups is 2. The first-order chi connectivity index (χ1) is 16.6. The molecule has 0 bridgehead atoms. The van der Waals surface area contributed by atoms with Gasteiger partial charge in [0, 0.05) is 31.9 Å². The molecule has 2 fully saturated rings. The Morgan fingerprint density at radius 2 is 2.18 bits per heavy atom. The Bertz CT molecular complexity index is 1300. The van der Waals surface area contributed by atoms with Crippen molar-refractivity contribution in [2.24, 2.45) is 0 Å². The molecule has 2 amide bonds. The summed E-state index contributed by atoms with van der Waals surface area (Å²) in [5.74, 6) is 1.28.